The third-order valence-corrected chi connectivity index (χ3v) is 2.77. The van der Waals surface area contributed by atoms with Gasteiger partial charge in [0.1, 0.15) is 16.7 Å². The molecule has 2 aromatic rings. The third kappa shape index (κ3) is 1.79. The molecule has 0 saturated heterocycles. The second kappa shape index (κ2) is 4.37. The van der Waals surface area contributed by atoms with Gasteiger partial charge in [-0.3, -0.25) is 0 Å². The van der Waals surface area contributed by atoms with Crippen molar-refractivity contribution in [1.82, 2.24) is 20.6 Å². The summed E-state index contributed by atoms with van der Waals surface area (Å²) in [5.41, 5.74) is 0.486. The van der Waals surface area contributed by atoms with Crippen molar-refractivity contribution < 1.29 is 8.95 Å². The zero-order valence-electron chi connectivity index (χ0n) is 8.38. The maximum Gasteiger partial charge on any atom is 0.209 e. The number of rotatable bonds is 3. The molecular weight excluding hydrogens is 230 g/mol. The van der Waals surface area contributed by atoms with Crippen LogP contribution in [0.25, 0.3) is 11.4 Å². The van der Waals surface area contributed by atoms with E-state index in [1.807, 2.05) is 0 Å². The molecule has 8 heteroatoms. The molecule has 1 unspecified atom stereocenters. The first kappa shape index (κ1) is 10.7. The zero-order valence-corrected chi connectivity index (χ0v) is 9.19. The molecule has 2 rings (SSSR count). The standard InChI is InChI=1S/C8H9N5O2S/c1-15-5-3-2-4-6(16(9)14)7(5)8-10-12-13-11-8/h2-4H,9H2,1H3,(H,10,11,12,13). The van der Waals surface area contributed by atoms with Crippen LogP contribution in [0.1, 0.15) is 0 Å². The lowest BCUT2D eigenvalue weighted by Gasteiger charge is -2.08. The van der Waals surface area contributed by atoms with Gasteiger partial charge in [-0.15, -0.1) is 10.2 Å². The van der Waals surface area contributed by atoms with E-state index in [4.69, 9.17) is 9.88 Å². The number of hydrogen-bond donors (Lipinski definition) is 2. The zero-order chi connectivity index (χ0) is 11.5. The molecule has 1 atom stereocenters. The molecule has 84 valence electrons. The molecule has 1 aromatic heterocycles. The number of aromatic nitrogens is 4. The fourth-order valence-electron chi connectivity index (χ4n) is 1.34. The fraction of sp³-hybridized carbons (Fsp3) is 0.125. The smallest absolute Gasteiger partial charge is 0.209 e. The van der Waals surface area contributed by atoms with Crippen LogP contribution in [-0.2, 0) is 11.0 Å². The summed E-state index contributed by atoms with van der Waals surface area (Å²) in [6, 6.07) is 5.04. The highest BCUT2D eigenvalue weighted by molar-refractivity contribution is 7.82. The number of ether oxygens (including phenoxy) is 1. The van der Waals surface area contributed by atoms with Crippen molar-refractivity contribution in [1.29, 1.82) is 0 Å². The number of tetrazole rings is 1. The first-order valence-electron chi connectivity index (χ1n) is 4.31. The van der Waals surface area contributed by atoms with E-state index in [2.05, 4.69) is 20.6 Å². The van der Waals surface area contributed by atoms with Crippen LogP contribution in [0.4, 0.5) is 0 Å². The average Bonchev–Trinajstić information content (AvgIpc) is 2.81. The molecule has 0 spiro atoms. The molecule has 1 aromatic carbocycles. The van der Waals surface area contributed by atoms with Crippen LogP contribution < -0.4 is 9.88 Å². The van der Waals surface area contributed by atoms with Gasteiger partial charge in [-0.2, -0.15) is 5.21 Å². The van der Waals surface area contributed by atoms with E-state index >= 15 is 0 Å². The van der Waals surface area contributed by atoms with Gasteiger partial charge in [-0.05, 0) is 17.3 Å². The number of benzene rings is 1. The Hall–Kier alpha value is -1.80. The molecule has 7 nitrogen and oxygen atoms in total. The van der Waals surface area contributed by atoms with Crippen molar-refractivity contribution in [2.45, 2.75) is 4.90 Å². The third-order valence-electron chi connectivity index (χ3n) is 1.99. The van der Waals surface area contributed by atoms with Crippen LogP contribution >= 0.6 is 0 Å². The van der Waals surface area contributed by atoms with Gasteiger partial charge in [-0.25, -0.2) is 9.35 Å². The topological polar surface area (TPSA) is 107 Å². The van der Waals surface area contributed by atoms with Gasteiger partial charge >= 0.3 is 0 Å². The van der Waals surface area contributed by atoms with Crippen molar-refractivity contribution in [3.63, 3.8) is 0 Å². The Morgan fingerprint density at radius 2 is 2.31 bits per heavy atom. The Labute approximate surface area is 93.6 Å². The summed E-state index contributed by atoms with van der Waals surface area (Å²) in [4.78, 5) is 0.403. The van der Waals surface area contributed by atoms with Gasteiger partial charge in [0, 0.05) is 0 Å². The van der Waals surface area contributed by atoms with Gasteiger partial charge in [0.05, 0.1) is 17.6 Å². The second-order valence-corrected chi connectivity index (χ2v) is 3.90. The summed E-state index contributed by atoms with van der Waals surface area (Å²) >= 11 is 0. The van der Waals surface area contributed by atoms with Gasteiger partial charge < -0.3 is 4.74 Å². The summed E-state index contributed by atoms with van der Waals surface area (Å²) in [5.74, 6) is 0.795. The number of hydrogen-bond acceptors (Lipinski definition) is 5. The van der Waals surface area contributed by atoms with Gasteiger partial charge in [-0.1, -0.05) is 6.07 Å². The number of methoxy groups -OCH3 is 1. The Balaban J connectivity index is 2.68. The quantitative estimate of drug-likeness (QED) is 0.775. The normalized spacial score (nSPS) is 12.4. The number of nitrogens with two attached hydrogens (primary N) is 1. The SMILES string of the molecule is COc1cccc(S(N)=O)c1-c1nn[nH]n1. The van der Waals surface area contributed by atoms with Gasteiger partial charge in [0.2, 0.25) is 5.82 Å². The minimum absolute atomic E-state index is 0.297. The van der Waals surface area contributed by atoms with Crippen LogP contribution in [0.2, 0.25) is 0 Å². The number of nitrogens with zero attached hydrogens (tertiary/aromatic N) is 3. The van der Waals surface area contributed by atoms with Gasteiger partial charge in [0.15, 0.2) is 0 Å². The lowest BCUT2D eigenvalue weighted by molar-refractivity contribution is 0.415. The lowest BCUT2D eigenvalue weighted by atomic mass is 10.2. The van der Waals surface area contributed by atoms with Crippen molar-refractivity contribution in [2.75, 3.05) is 7.11 Å². The number of nitrogens with one attached hydrogen (secondary N) is 1. The van der Waals surface area contributed by atoms with Crippen LogP contribution in [-0.4, -0.2) is 31.9 Å². The Bertz CT molecular complexity index is 513. The molecule has 0 saturated carbocycles. The second-order valence-electron chi connectivity index (χ2n) is 2.87. The molecule has 0 bridgehead atoms. The highest BCUT2D eigenvalue weighted by atomic mass is 32.2. The number of aromatic amines is 1. The first-order valence-corrected chi connectivity index (χ1v) is 5.52. The minimum Gasteiger partial charge on any atom is -0.496 e. The molecule has 1 heterocycles. The molecule has 0 amide bonds. The highest BCUT2D eigenvalue weighted by Gasteiger charge is 2.17. The minimum atomic E-state index is -1.64. The van der Waals surface area contributed by atoms with Crippen LogP contribution in [0, 0.1) is 0 Å². The van der Waals surface area contributed by atoms with Crippen molar-refractivity contribution >= 4 is 11.0 Å². The van der Waals surface area contributed by atoms with E-state index in [0.717, 1.165) is 0 Å². The maximum atomic E-state index is 11.4. The highest BCUT2D eigenvalue weighted by Crippen LogP contribution is 2.31. The first-order chi connectivity index (χ1) is 7.74. The van der Waals surface area contributed by atoms with Crippen LogP contribution in [0.5, 0.6) is 5.75 Å². The molecular formula is C8H9N5O2S. The van der Waals surface area contributed by atoms with E-state index in [1.165, 1.54) is 7.11 Å². The van der Waals surface area contributed by atoms with E-state index in [0.29, 0.717) is 22.0 Å². The molecule has 0 aliphatic carbocycles. The molecule has 16 heavy (non-hydrogen) atoms. The van der Waals surface area contributed by atoms with Crippen molar-refractivity contribution in [3.8, 4) is 17.1 Å². The molecule has 0 aliphatic rings. The fourth-order valence-corrected chi connectivity index (χ4v) is 1.94. The van der Waals surface area contributed by atoms with Crippen LogP contribution in [0.15, 0.2) is 23.1 Å². The maximum absolute atomic E-state index is 11.4. The van der Waals surface area contributed by atoms with Crippen molar-refractivity contribution in [2.24, 2.45) is 5.14 Å². The average molecular weight is 239 g/mol. The predicted octanol–water partition coefficient (Wildman–Crippen LogP) is -0.143. The predicted molar refractivity (Wildman–Crippen MR) is 56.8 cm³/mol. The van der Waals surface area contributed by atoms with E-state index in [1.54, 1.807) is 18.2 Å². The Kier molecular flexibility index (Phi) is 2.93. The van der Waals surface area contributed by atoms with E-state index in [-0.39, 0.29) is 0 Å². The van der Waals surface area contributed by atoms with E-state index in [9.17, 15) is 4.21 Å². The van der Waals surface area contributed by atoms with Crippen molar-refractivity contribution in [3.05, 3.63) is 18.2 Å². The molecule has 0 aliphatic heterocycles. The van der Waals surface area contributed by atoms with E-state index < -0.39 is 11.0 Å². The van der Waals surface area contributed by atoms with Crippen LogP contribution in [0.3, 0.4) is 0 Å². The molecule has 0 radical (unpaired) electrons. The Morgan fingerprint density at radius 1 is 1.50 bits per heavy atom. The number of H-pyrrole nitrogens is 1. The Morgan fingerprint density at radius 3 is 2.88 bits per heavy atom. The largest absolute Gasteiger partial charge is 0.496 e. The molecule has 3 N–H and O–H groups in total. The monoisotopic (exact) mass is 239 g/mol. The van der Waals surface area contributed by atoms with Gasteiger partial charge in [0.25, 0.3) is 0 Å². The summed E-state index contributed by atoms with van der Waals surface area (Å²) in [5, 5.41) is 18.8. The summed E-state index contributed by atoms with van der Waals surface area (Å²) in [7, 11) is -0.137. The summed E-state index contributed by atoms with van der Waals surface area (Å²) in [6.07, 6.45) is 0. The lowest BCUT2D eigenvalue weighted by Crippen LogP contribution is -2.06. The summed E-state index contributed by atoms with van der Waals surface area (Å²) in [6.45, 7) is 0. The molecule has 0 fully saturated rings. The summed E-state index contributed by atoms with van der Waals surface area (Å²) < 4.78 is 16.5.